The molecule has 23 heavy (non-hydrogen) atoms. The molecule has 0 heterocycles. The average Bonchev–Trinajstić information content (AvgIpc) is 2.46. The summed E-state index contributed by atoms with van der Waals surface area (Å²) < 4.78 is 5.00. The van der Waals surface area contributed by atoms with Gasteiger partial charge in [-0.2, -0.15) is 0 Å². The molecule has 0 aliphatic rings. The molecule has 9 nitrogen and oxygen atoms in total. The van der Waals surface area contributed by atoms with Gasteiger partial charge in [0.25, 0.3) is 5.69 Å². The number of hydrogen-bond donors (Lipinski definition) is 3. The SMILES string of the molecule is COc1cc([N+](=O)[O-])ccc1NC(=O)CC(NC(C)C)C(=O)O. The van der Waals surface area contributed by atoms with Crippen LogP contribution >= 0.6 is 0 Å². The van der Waals surface area contributed by atoms with Crippen LogP contribution in [0.1, 0.15) is 20.3 Å². The van der Waals surface area contributed by atoms with E-state index >= 15 is 0 Å². The zero-order valence-corrected chi connectivity index (χ0v) is 13.0. The molecule has 1 atom stereocenters. The Kier molecular flexibility index (Phi) is 6.46. The molecule has 1 amide bonds. The summed E-state index contributed by atoms with van der Waals surface area (Å²) in [7, 11) is 1.31. The highest BCUT2D eigenvalue weighted by atomic mass is 16.6. The van der Waals surface area contributed by atoms with Crippen molar-refractivity contribution in [1.82, 2.24) is 5.32 Å². The highest BCUT2D eigenvalue weighted by Crippen LogP contribution is 2.29. The lowest BCUT2D eigenvalue weighted by Crippen LogP contribution is -2.43. The number of anilines is 1. The molecule has 0 saturated heterocycles. The van der Waals surface area contributed by atoms with Crippen LogP contribution in [0.4, 0.5) is 11.4 Å². The van der Waals surface area contributed by atoms with E-state index in [0.29, 0.717) is 0 Å². The van der Waals surface area contributed by atoms with Gasteiger partial charge in [-0.25, -0.2) is 0 Å². The molecule has 126 valence electrons. The minimum Gasteiger partial charge on any atom is -0.494 e. The van der Waals surface area contributed by atoms with Gasteiger partial charge < -0.3 is 20.5 Å². The van der Waals surface area contributed by atoms with E-state index in [4.69, 9.17) is 9.84 Å². The van der Waals surface area contributed by atoms with Gasteiger partial charge in [0, 0.05) is 12.1 Å². The molecule has 0 radical (unpaired) electrons. The summed E-state index contributed by atoms with van der Waals surface area (Å²) >= 11 is 0. The minimum atomic E-state index is -1.13. The van der Waals surface area contributed by atoms with Crippen LogP contribution < -0.4 is 15.4 Å². The number of nitrogens with zero attached hydrogens (tertiary/aromatic N) is 1. The van der Waals surface area contributed by atoms with E-state index in [-0.39, 0.29) is 29.6 Å². The van der Waals surface area contributed by atoms with E-state index < -0.39 is 22.8 Å². The van der Waals surface area contributed by atoms with Crippen molar-refractivity contribution in [3.05, 3.63) is 28.3 Å². The highest BCUT2D eigenvalue weighted by molar-refractivity contribution is 5.95. The van der Waals surface area contributed by atoms with E-state index in [9.17, 15) is 19.7 Å². The number of nitro benzene ring substituents is 1. The van der Waals surface area contributed by atoms with Crippen LogP contribution in [0.15, 0.2) is 18.2 Å². The van der Waals surface area contributed by atoms with Crippen LogP contribution in [0.2, 0.25) is 0 Å². The van der Waals surface area contributed by atoms with E-state index in [2.05, 4.69) is 10.6 Å². The maximum absolute atomic E-state index is 12.0. The van der Waals surface area contributed by atoms with Gasteiger partial charge in [0.05, 0.1) is 30.2 Å². The van der Waals surface area contributed by atoms with Crippen molar-refractivity contribution in [3.8, 4) is 5.75 Å². The van der Waals surface area contributed by atoms with Crippen molar-refractivity contribution in [3.63, 3.8) is 0 Å². The first-order valence-corrected chi connectivity index (χ1v) is 6.85. The summed E-state index contributed by atoms with van der Waals surface area (Å²) in [6, 6.07) is 2.60. The molecule has 9 heteroatoms. The molecular formula is C14H19N3O6. The zero-order valence-electron chi connectivity index (χ0n) is 13.0. The summed E-state index contributed by atoms with van der Waals surface area (Å²) in [5, 5.41) is 25.1. The van der Waals surface area contributed by atoms with E-state index in [1.807, 2.05) is 0 Å². The normalized spacial score (nSPS) is 11.8. The van der Waals surface area contributed by atoms with E-state index in [0.717, 1.165) is 0 Å². The number of hydrogen-bond acceptors (Lipinski definition) is 6. The Hall–Kier alpha value is -2.68. The largest absolute Gasteiger partial charge is 0.494 e. The van der Waals surface area contributed by atoms with Gasteiger partial charge in [0.2, 0.25) is 5.91 Å². The molecule has 1 unspecified atom stereocenters. The molecule has 0 bridgehead atoms. The molecule has 0 aliphatic carbocycles. The Bertz CT molecular complexity index is 602. The monoisotopic (exact) mass is 325 g/mol. The average molecular weight is 325 g/mol. The van der Waals surface area contributed by atoms with Crippen molar-refractivity contribution in [2.24, 2.45) is 0 Å². The predicted octanol–water partition coefficient (Wildman–Crippen LogP) is 1.38. The topological polar surface area (TPSA) is 131 Å². The number of amides is 1. The number of nitrogens with one attached hydrogen (secondary N) is 2. The first-order chi connectivity index (χ1) is 10.7. The number of carbonyl (C=O) groups is 2. The molecule has 0 aliphatic heterocycles. The van der Waals surface area contributed by atoms with Gasteiger partial charge >= 0.3 is 5.97 Å². The van der Waals surface area contributed by atoms with E-state index in [1.165, 1.54) is 25.3 Å². The van der Waals surface area contributed by atoms with Crippen LogP contribution in [0.5, 0.6) is 5.75 Å². The summed E-state index contributed by atoms with van der Waals surface area (Å²) in [6.07, 6.45) is -0.284. The Morgan fingerprint density at radius 2 is 2.04 bits per heavy atom. The van der Waals surface area contributed by atoms with Crippen LogP contribution in [0, 0.1) is 10.1 Å². The zero-order chi connectivity index (χ0) is 17.6. The molecule has 1 aromatic carbocycles. The van der Waals surface area contributed by atoms with Crippen LogP contribution in [0.25, 0.3) is 0 Å². The van der Waals surface area contributed by atoms with Gasteiger partial charge in [0.1, 0.15) is 11.8 Å². The van der Waals surface area contributed by atoms with E-state index in [1.54, 1.807) is 13.8 Å². The summed E-state index contributed by atoms with van der Waals surface area (Å²) in [5.41, 5.74) is 0.0570. The third-order valence-corrected chi connectivity index (χ3v) is 2.89. The Morgan fingerprint density at radius 1 is 1.39 bits per heavy atom. The lowest BCUT2D eigenvalue weighted by atomic mass is 10.1. The maximum atomic E-state index is 12.0. The number of rotatable bonds is 8. The second kappa shape index (κ2) is 8.08. The summed E-state index contributed by atoms with van der Waals surface area (Å²) in [6.45, 7) is 3.54. The van der Waals surface area contributed by atoms with Crippen molar-refractivity contribution < 1.29 is 24.4 Å². The number of benzene rings is 1. The maximum Gasteiger partial charge on any atom is 0.321 e. The number of carboxylic acids is 1. The number of ether oxygens (including phenoxy) is 1. The third kappa shape index (κ3) is 5.55. The standard InChI is InChI=1S/C14H19N3O6/c1-8(2)15-11(14(19)20)7-13(18)16-10-5-4-9(17(21)22)6-12(10)23-3/h4-6,8,11,15H,7H2,1-3H3,(H,16,18)(H,19,20). The molecule has 1 rings (SSSR count). The number of carbonyl (C=O) groups excluding carboxylic acids is 1. The fourth-order valence-corrected chi connectivity index (χ4v) is 1.90. The van der Waals surface area contributed by atoms with Gasteiger partial charge in [-0.05, 0) is 6.07 Å². The van der Waals surface area contributed by atoms with Crippen molar-refractivity contribution in [1.29, 1.82) is 0 Å². The summed E-state index contributed by atoms with van der Waals surface area (Å²) in [5.74, 6) is -1.56. The fraction of sp³-hybridized carbons (Fsp3) is 0.429. The number of methoxy groups -OCH3 is 1. The van der Waals surface area contributed by atoms with Gasteiger partial charge in [-0.15, -0.1) is 0 Å². The van der Waals surface area contributed by atoms with Gasteiger partial charge in [-0.1, -0.05) is 13.8 Å². The number of nitro groups is 1. The molecule has 0 aromatic heterocycles. The smallest absolute Gasteiger partial charge is 0.321 e. The summed E-state index contributed by atoms with van der Waals surface area (Å²) in [4.78, 5) is 33.2. The molecule has 3 N–H and O–H groups in total. The first kappa shape index (κ1) is 18.4. The molecule has 0 saturated carbocycles. The quantitative estimate of drug-likeness (QED) is 0.486. The van der Waals surface area contributed by atoms with Crippen molar-refractivity contribution >= 4 is 23.3 Å². The van der Waals surface area contributed by atoms with Gasteiger partial charge in [-0.3, -0.25) is 19.7 Å². The third-order valence-electron chi connectivity index (χ3n) is 2.89. The van der Waals surface area contributed by atoms with Crippen LogP contribution in [-0.2, 0) is 9.59 Å². The van der Waals surface area contributed by atoms with Crippen LogP contribution in [0.3, 0.4) is 0 Å². The fourth-order valence-electron chi connectivity index (χ4n) is 1.90. The Morgan fingerprint density at radius 3 is 2.52 bits per heavy atom. The molecule has 1 aromatic rings. The highest BCUT2D eigenvalue weighted by Gasteiger charge is 2.22. The first-order valence-electron chi connectivity index (χ1n) is 6.85. The minimum absolute atomic E-state index is 0.0992. The second-order valence-corrected chi connectivity index (χ2v) is 5.11. The Labute approximate surface area is 132 Å². The predicted molar refractivity (Wildman–Crippen MR) is 82.6 cm³/mol. The van der Waals surface area contributed by atoms with Crippen LogP contribution in [-0.4, -0.2) is 41.1 Å². The van der Waals surface area contributed by atoms with Crippen molar-refractivity contribution in [2.45, 2.75) is 32.4 Å². The number of non-ortho nitro benzene ring substituents is 1. The second-order valence-electron chi connectivity index (χ2n) is 5.11. The number of carboxylic acid groups (broad SMARTS) is 1. The lowest BCUT2D eigenvalue weighted by molar-refractivity contribution is -0.384. The lowest BCUT2D eigenvalue weighted by Gasteiger charge is -2.17. The van der Waals surface area contributed by atoms with Crippen molar-refractivity contribution in [2.75, 3.05) is 12.4 Å². The number of aliphatic carboxylic acids is 1. The molecular weight excluding hydrogens is 306 g/mol. The molecule has 0 fully saturated rings. The Balaban J connectivity index is 2.84. The van der Waals surface area contributed by atoms with Gasteiger partial charge in [0.15, 0.2) is 0 Å². The molecule has 0 spiro atoms.